The Morgan fingerprint density at radius 3 is 2.52 bits per heavy atom. The van der Waals surface area contributed by atoms with E-state index >= 15 is 0 Å². The lowest BCUT2D eigenvalue weighted by atomic mass is 9.95. The van der Waals surface area contributed by atoms with E-state index < -0.39 is 39.4 Å². The van der Waals surface area contributed by atoms with Gasteiger partial charge in [-0.1, -0.05) is 18.2 Å². The molecule has 222 valence electrons. The van der Waals surface area contributed by atoms with Crippen LogP contribution in [0.2, 0.25) is 0 Å². The molecule has 1 aliphatic carbocycles. The van der Waals surface area contributed by atoms with Crippen molar-refractivity contribution in [3.8, 4) is 11.5 Å². The highest BCUT2D eigenvalue weighted by atomic mass is 32.2. The van der Waals surface area contributed by atoms with Crippen molar-refractivity contribution in [3.63, 3.8) is 0 Å². The Morgan fingerprint density at radius 2 is 1.79 bits per heavy atom. The number of carbonyl (C=O) groups is 3. The molecule has 10 nitrogen and oxygen atoms in total. The molecule has 2 aromatic carbocycles. The molecule has 2 aliphatic rings. The average Bonchev–Trinajstić information content (AvgIpc) is 3.32. The van der Waals surface area contributed by atoms with E-state index in [4.69, 9.17) is 14.2 Å². The van der Waals surface area contributed by atoms with Crippen LogP contribution in [0, 0.1) is 0 Å². The highest BCUT2D eigenvalue weighted by molar-refractivity contribution is 7.92. The Morgan fingerprint density at radius 1 is 1.05 bits per heavy atom. The number of thiophene rings is 1. The van der Waals surface area contributed by atoms with Gasteiger partial charge >= 0.3 is 5.97 Å². The molecule has 1 N–H and O–H groups in total. The Balaban J connectivity index is 1.47. The number of fused-ring (bicyclic) bond motifs is 2. The number of para-hydroxylation sites is 1. The van der Waals surface area contributed by atoms with Crippen molar-refractivity contribution in [2.24, 2.45) is 0 Å². The molecule has 1 atom stereocenters. The number of rotatable bonds is 8. The third-order valence-corrected chi connectivity index (χ3v) is 10.8. The fourth-order valence-corrected chi connectivity index (χ4v) is 8.70. The minimum Gasteiger partial charge on any atom is -0.493 e. The van der Waals surface area contributed by atoms with Crippen molar-refractivity contribution in [2.75, 3.05) is 37.6 Å². The van der Waals surface area contributed by atoms with Crippen LogP contribution in [0.4, 0.5) is 10.7 Å². The molecule has 1 unspecified atom stereocenters. The van der Waals surface area contributed by atoms with E-state index in [0.717, 1.165) is 36.1 Å². The molecule has 0 radical (unpaired) electrons. The summed E-state index contributed by atoms with van der Waals surface area (Å²) in [4.78, 5) is 42.1. The van der Waals surface area contributed by atoms with Gasteiger partial charge in [-0.05, 0) is 68.0 Å². The molecule has 0 bridgehead atoms. The number of nitrogens with one attached hydrogen (secondary N) is 1. The predicted molar refractivity (Wildman–Crippen MR) is 158 cm³/mol. The van der Waals surface area contributed by atoms with Gasteiger partial charge in [0.2, 0.25) is 11.8 Å². The average molecular weight is 613 g/mol. The van der Waals surface area contributed by atoms with E-state index in [9.17, 15) is 22.8 Å². The van der Waals surface area contributed by atoms with Crippen LogP contribution >= 0.6 is 11.3 Å². The standard InChI is InChI=1S/C30H32N2O8S2/c1-4-40-30(35)28-19-9-5-7-11-23(19)41-29(28)31-26(33)17-32-20-10-6-8-12-24(20)42(36,37)25(16-27(32)34)18-13-14-21(38-2)22(15-18)39-3/h6,8,10,12-15,25H,4-5,7,9,11,16-17H2,1-3H3,(H,31,33). The highest BCUT2D eigenvalue weighted by Crippen LogP contribution is 2.43. The maximum atomic E-state index is 13.9. The summed E-state index contributed by atoms with van der Waals surface area (Å²) in [5.74, 6) is -0.816. The number of nitrogens with zero attached hydrogens (tertiary/aromatic N) is 1. The zero-order valence-electron chi connectivity index (χ0n) is 23.6. The van der Waals surface area contributed by atoms with Crippen LogP contribution in [0.15, 0.2) is 47.4 Å². The number of ether oxygens (including phenoxy) is 3. The van der Waals surface area contributed by atoms with Crippen LogP contribution in [0.3, 0.4) is 0 Å². The third kappa shape index (κ3) is 5.48. The molecule has 0 saturated heterocycles. The summed E-state index contributed by atoms with van der Waals surface area (Å²) in [6.45, 7) is 1.49. The van der Waals surface area contributed by atoms with E-state index in [0.29, 0.717) is 27.6 Å². The molecule has 0 spiro atoms. The van der Waals surface area contributed by atoms with Gasteiger partial charge in [0.25, 0.3) is 0 Å². The molecule has 0 fully saturated rings. The molecule has 12 heteroatoms. The first-order chi connectivity index (χ1) is 20.2. The fourth-order valence-electron chi connectivity index (χ4n) is 5.49. The number of sulfone groups is 1. The second-order valence-electron chi connectivity index (χ2n) is 9.98. The SMILES string of the molecule is CCOC(=O)c1c(NC(=O)CN2C(=O)CC(c3ccc(OC)c(OC)c3)S(=O)(=O)c3ccccc32)sc2c1CCCC2. The van der Waals surface area contributed by atoms with Crippen LogP contribution in [-0.4, -0.2) is 53.6 Å². The van der Waals surface area contributed by atoms with Crippen LogP contribution in [0.1, 0.15) is 57.8 Å². The number of hydrogen-bond acceptors (Lipinski definition) is 9. The van der Waals surface area contributed by atoms with Gasteiger partial charge in [0.05, 0.1) is 42.2 Å². The molecular formula is C30H32N2O8S2. The van der Waals surface area contributed by atoms with Crippen LogP contribution < -0.4 is 19.7 Å². The number of hydrogen-bond donors (Lipinski definition) is 1. The highest BCUT2D eigenvalue weighted by Gasteiger charge is 2.40. The molecule has 2 heterocycles. The van der Waals surface area contributed by atoms with Crippen LogP contribution in [0.25, 0.3) is 0 Å². The third-order valence-electron chi connectivity index (χ3n) is 7.48. The Kier molecular flexibility index (Phi) is 8.55. The zero-order chi connectivity index (χ0) is 30.0. The predicted octanol–water partition coefficient (Wildman–Crippen LogP) is 4.71. The minimum absolute atomic E-state index is 0.0535. The molecule has 1 aromatic heterocycles. The lowest BCUT2D eigenvalue weighted by Gasteiger charge is -2.21. The number of esters is 1. The van der Waals surface area contributed by atoms with Crippen molar-refractivity contribution in [3.05, 3.63) is 64.0 Å². The van der Waals surface area contributed by atoms with Crippen LogP contribution in [-0.2, 0) is 37.0 Å². The first kappa shape index (κ1) is 29.6. The number of amides is 2. The zero-order valence-corrected chi connectivity index (χ0v) is 25.2. The van der Waals surface area contributed by atoms with Crippen molar-refractivity contribution in [1.82, 2.24) is 0 Å². The van der Waals surface area contributed by atoms with E-state index in [2.05, 4.69) is 5.32 Å². The summed E-state index contributed by atoms with van der Waals surface area (Å²) in [5.41, 5.74) is 1.76. The van der Waals surface area contributed by atoms with Gasteiger partial charge in [-0.15, -0.1) is 11.3 Å². The van der Waals surface area contributed by atoms with Crippen LogP contribution in [0.5, 0.6) is 11.5 Å². The van der Waals surface area contributed by atoms with Gasteiger partial charge < -0.3 is 24.4 Å². The van der Waals surface area contributed by atoms with Crippen molar-refractivity contribution < 1.29 is 37.0 Å². The summed E-state index contributed by atoms with van der Waals surface area (Å²) < 4.78 is 43.8. The lowest BCUT2D eigenvalue weighted by molar-refractivity contribution is -0.121. The fraction of sp³-hybridized carbons (Fsp3) is 0.367. The minimum atomic E-state index is -4.05. The van der Waals surface area contributed by atoms with Crippen molar-refractivity contribution in [2.45, 2.75) is 49.2 Å². The Labute approximate surface area is 248 Å². The number of carbonyl (C=O) groups excluding carboxylic acids is 3. The second kappa shape index (κ2) is 12.1. The quantitative estimate of drug-likeness (QED) is 0.362. The largest absolute Gasteiger partial charge is 0.493 e. The summed E-state index contributed by atoms with van der Waals surface area (Å²) in [6.07, 6.45) is 3.09. The van der Waals surface area contributed by atoms with E-state index in [1.54, 1.807) is 37.3 Å². The smallest absolute Gasteiger partial charge is 0.341 e. The van der Waals surface area contributed by atoms with Gasteiger partial charge in [-0.2, -0.15) is 0 Å². The summed E-state index contributed by atoms with van der Waals surface area (Å²) in [6, 6.07) is 10.9. The first-order valence-electron chi connectivity index (χ1n) is 13.7. The molecular weight excluding hydrogens is 580 g/mol. The van der Waals surface area contributed by atoms with Crippen molar-refractivity contribution in [1.29, 1.82) is 0 Å². The normalized spacial score (nSPS) is 17.5. The second-order valence-corrected chi connectivity index (χ2v) is 13.2. The molecule has 2 amide bonds. The molecule has 5 rings (SSSR count). The Bertz CT molecular complexity index is 1650. The number of benzene rings is 2. The summed E-state index contributed by atoms with van der Waals surface area (Å²) >= 11 is 1.35. The van der Waals surface area contributed by atoms with E-state index in [-0.39, 0.29) is 23.6 Å². The van der Waals surface area contributed by atoms with Crippen molar-refractivity contribution >= 4 is 49.6 Å². The monoisotopic (exact) mass is 612 g/mol. The first-order valence-corrected chi connectivity index (χ1v) is 16.0. The topological polar surface area (TPSA) is 128 Å². The number of aryl methyl sites for hydroxylation is 1. The number of anilines is 2. The van der Waals surface area contributed by atoms with E-state index in [1.165, 1.54) is 42.6 Å². The molecule has 42 heavy (non-hydrogen) atoms. The van der Waals surface area contributed by atoms with Gasteiger partial charge in [-0.3, -0.25) is 9.59 Å². The van der Waals surface area contributed by atoms with Gasteiger partial charge in [-0.25, -0.2) is 13.2 Å². The maximum absolute atomic E-state index is 13.9. The molecule has 1 aliphatic heterocycles. The van der Waals surface area contributed by atoms with Gasteiger partial charge in [0.1, 0.15) is 11.5 Å². The molecule has 3 aromatic rings. The Hall–Kier alpha value is -3.90. The number of methoxy groups -OCH3 is 2. The van der Waals surface area contributed by atoms with Gasteiger partial charge in [0.15, 0.2) is 21.3 Å². The lowest BCUT2D eigenvalue weighted by Crippen LogP contribution is -2.38. The summed E-state index contributed by atoms with van der Waals surface area (Å²) in [5, 5.41) is 2.00. The summed E-state index contributed by atoms with van der Waals surface area (Å²) in [7, 11) is -1.13. The van der Waals surface area contributed by atoms with E-state index in [1.807, 2.05) is 0 Å². The van der Waals surface area contributed by atoms with Gasteiger partial charge in [0, 0.05) is 11.3 Å². The molecule has 0 saturated carbocycles. The maximum Gasteiger partial charge on any atom is 0.341 e.